The molecule has 0 unspecified atom stereocenters. The minimum absolute atomic E-state index is 0.152. The molecule has 1 amide bonds. The summed E-state index contributed by atoms with van der Waals surface area (Å²) in [5.74, 6) is 0.512. The number of rotatable bonds is 5. The van der Waals surface area contributed by atoms with Crippen molar-refractivity contribution in [3.8, 4) is 0 Å². The monoisotopic (exact) mass is 372 g/mol. The number of amides is 1. The predicted molar refractivity (Wildman–Crippen MR) is 108 cm³/mol. The van der Waals surface area contributed by atoms with Crippen LogP contribution in [-0.4, -0.2) is 15.8 Å². The lowest BCUT2D eigenvalue weighted by Gasteiger charge is -2.22. The first-order chi connectivity index (χ1) is 13.6. The molecule has 140 valence electrons. The van der Waals surface area contributed by atoms with Crippen LogP contribution in [0.4, 0.5) is 0 Å². The van der Waals surface area contributed by atoms with Gasteiger partial charge in [0, 0.05) is 16.6 Å². The number of nitrogens with zero attached hydrogens (tertiary/aromatic N) is 1. The first-order valence-corrected chi connectivity index (χ1v) is 9.09. The van der Waals surface area contributed by atoms with Crippen LogP contribution in [0.15, 0.2) is 82.2 Å². The number of benzene rings is 2. The number of nitrogens with one attached hydrogen (secondary N) is 1. The molecule has 4 rings (SSSR count). The maximum atomic E-state index is 13.1. The lowest BCUT2D eigenvalue weighted by atomic mass is 10.1. The Morgan fingerprint density at radius 2 is 1.82 bits per heavy atom. The fourth-order valence-corrected chi connectivity index (χ4v) is 3.25. The van der Waals surface area contributed by atoms with Crippen LogP contribution in [-0.2, 0) is 13.1 Å². The number of aromatic nitrogens is 1. The summed E-state index contributed by atoms with van der Waals surface area (Å²) in [4.78, 5) is 30.2. The van der Waals surface area contributed by atoms with Gasteiger partial charge in [0.25, 0.3) is 11.5 Å². The van der Waals surface area contributed by atoms with Crippen LogP contribution in [0.25, 0.3) is 10.9 Å². The molecule has 0 fully saturated rings. The van der Waals surface area contributed by atoms with Gasteiger partial charge in [-0.15, -0.1) is 0 Å². The summed E-state index contributed by atoms with van der Waals surface area (Å²) in [5, 5.41) is 0.944. The van der Waals surface area contributed by atoms with Crippen LogP contribution in [0.5, 0.6) is 0 Å². The molecule has 5 nitrogen and oxygen atoms in total. The van der Waals surface area contributed by atoms with Crippen molar-refractivity contribution in [3.05, 3.63) is 106 Å². The number of hydrogen-bond donors (Lipinski definition) is 1. The first kappa shape index (κ1) is 17.8. The van der Waals surface area contributed by atoms with Crippen LogP contribution in [0.3, 0.4) is 0 Å². The van der Waals surface area contributed by atoms with E-state index in [0.717, 1.165) is 16.5 Å². The van der Waals surface area contributed by atoms with Gasteiger partial charge < -0.3 is 14.3 Å². The van der Waals surface area contributed by atoms with E-state index in [1.54, 1.807) is 29.4 Å². The highest BCUT2D eigenvalue weighted by Gasteiger charge is 2.19. The number of pyridine rings is 1. The number of carbonyl (C=O) groups excluding carboxylic acids is 1. The maximum Gasteiger partial charge on any atom is 0.254 e. The van der Waals surface area contributed by atoms with E-state index < -0.39 is 0 Å². The van der Waals surface area contributed by atoms with E-state index in [-0.39, 0.29) is 24.6 Å². The minimum Gasteiger partial charge on any atom is -0.467 e. The molecule has 2 aromatic heterocycles. The maximum absolute atomic E-state index is 13.1. The highest BCUT2D eigenvalue weighted by atomic mass is 16.3. The van der Waals surface area contributed by atoms with Gasteiger partial charge in [0.1, 0.15) is 5.76 Å². The van der Waals surface area contributed by atoms with E-state index in [9.17, 15) is 9.59 Å². The van der Waals surface area contributed by atoms with Gasteiger partial charge in [0.15, 0.2) is 0 Å². The van der Waals surface area contributed by atoms with Gasteiger partial charge in [-0.3, -0.25) is 9.59 Å². The van der Waals surface area contributed by atoms with Crippen molar-refractivity contribution in [1.82, 2.24) is 9.88 Å². The van der Waals surface area contributed by atoms with Crippen LogP contribution in [0.1, 0.15) is 27.2 Å². The van der Waals surface area contributed by atoms with E-state index in [2.05, 4.69) is 4.98 Å². The molecule has 5 heteroatoms. The predicted octanol–water partition coefficient (Wildman–Crippen LogP) is 4.27. The summed E-state index contributed by atoms with van der Waals surface area (Å²) in [5.41, 5.74) is 2.81. The van der Waals surface area contributed by atoms with Crippen molar-refractivity contribution in [2.75, 3.05) is 0 Å². The molecule has 0 saturated carbocycles. The summed E-state index contributed by atoms with van der Waals surface area (Å²) in [6.45, 7) is 2.48. The van der Waals surface area contributed by atoms with Gasteiger partial charge >= 0.3 is 0 Å². The van der Waals surface area contributed by atoms with E-state index in [1.165, 1.54) is 0 Å². The average Bonchev–Trinajstić information content (AvgIpc) is 3.21. The Labute approximate surface area is 162 Å². The molecule has 0 radical (unpaired) electrons. The number of H-pyrrole nitrogens is 1. The van der Waals surface area contributed by atoms with E-state index in [1.807, 2.05) is 55.5 Å². The number of carbonyl (C=O) groups is 1. The highest BCUT2D eigenvalue weighted by molar-refractivity contribution is 5.94. The summed E-state index contributed by atoms with van der Waals surface area (Å²) >= 11 is 0. The zero-order chi connectivity index (χ0) is 19.5. The first-order valence-electron chi connectivity index (χ1n) is 9.09. The van der Waals surface area contributed by atoms with Crippen molar-refractivity contribution in [2.45, 2.75) is 20.0 Å². The summed E-state index contributed by atoms with van der Waals surface area (Å²) in [7, 11) is 0. The van der Waals surface area contributed by atoms with Crippen LogP contribution in [0.2, 0.25) is 0 Å². The molecule has 0 spiro atoms. The molecule has 28 heavy (non-hydrogen) atoms. The lowest BCUT2D eigenvalue weighted by molar-refractivity contribution is 0.0717. The van der Waals surface area contributed by atoms with Crippen molar-refractivity contribution >= 4 is 16.8 Å². The molecule has 2 aromatic carbocycles. The smallest absolute Gasteiger partial charge is 0.254 e. The van der Waals surface area contributed by atoms with E-state index in [0.29, 0.717) is 16.9 Å². The molecule has 0 saturated heterocycles. The number of hydrogen-bond acceptors (Lipinski definition) is 3. The van der Waals surface area contributed by atoms with Crippen molar-refractivity contribution in [3.63, 3.8) is 0 Å². The number of furan rings is 1. The molecule has 4 aromatic rings. The quantitative estimate of drug-likeness (QED) is 0.569. The number of aryl methyl sites for hydroxylation is 1. The molecular formula is C23H20N2O3. The second-order valence-electron chi connectivity index (χ2n) is 6.82. The Morgan fingerprint density at radius 1 is 1.00 bits per heavy atom. The third kappa shape index (κ3) is 3.74. The normalized spacial score (nSPS) is 10.9. The van der Waals surface area contributed by atoms with Crippen molar-refractivity contribution < 1.29 is 9.21 Å². The Kier molecular flexibility index (Phi) is 4.81. The second kappa shape index (κ2) is 7.56. The lowest BCUT2D eigenvalue weighted by Crippen LogP contribution is -2.32. The molecule has 0 aliphatic rings. The Bertz CT molecular complexity index is 1160. The summed E-state index contributed by atoms with van der Waals surface area (Å²) < 4.78 is 5.42. The van der Waals surface area contributed by atoms with Crippen molar-refractivity contribution in [2.24, 2.45) is 0 Å². The minimum atomic E-state index is -0.193. The molecule has 1 N–H and O–H groups in total. The van der Waals surface area contributed by atoms with E-state index in [4.69, 9.17) is 4.42 Å². The van der Waals surface area contributed by atoms with Crippen LogP contribution < -0.4 is 5.56 Å². The zero-order valence-electron chi connectivity index (χ0n) is 15.5. The molecule has 2 heterocycles. The Morgan fingerprint density at radius 3 is 2.57 bits per heavy atom. The van der Waals surface area contributed by atoms with Gasteiger partial charge in [0.2, 0.25) is 0 Å². The third-order valence-corrected chi connectivity index (χ3v) is 4.67. The fraction of sp³-hybridized carbons (Fsp3) is 0.130. The van der Waals surface area contributed by atoms with Crippen LogP contribution in [0, 0.1) is 6.92 Å². The van der Waals surface area contributed by atoms with Crippen LogP contribution >= 0.6 is 0 Å². The molecule has 0 aliphatic carbocycles. The largest absolute Gasteiger partial charge is 0.467 e. The van der Waals surface area contributed by atoms with Gasteiger partial charge in [-0.1, -0.05) is 29.8 Å². The van der Waals surface area contributed by atoms with Gasteiger partial charge in [-0.05, 0) is 54.8 Å². The summed E-state index contributed by atoms with van der Waals surface area (Å²) in [6, 6.07) is 20.4. The Hall–Kier alpha value is -3.60. The van der Waals surface area contributed by atoms with Gasteiger partial charge in [-0.25, -0.2) is 0 Å². The molecular weight excluding hydrogens is 352 g/mol. The van der Waals surface area contributed by atoms with Gasteiger partial charge in [0.05, 0.1) is 19.4 Å². The van der Waals surface area contributed by atoms with E-state index >= 15 is 0 Å². The third-order valence-electron chi connectivity index (χ3n) is 4.67. The highest BCUT2D eigenvalue weighted by Crippen LogP contribution is 2.17. The summed E-state index contributed by atoms with van der Waals surface area (Å²) in [6.07, 6.45) is 1.58. The Balaban J connectivity index is 1.71. The standard InChI is InChI=1S/C23H20N2O3/c1-16-9-10-21-18(12-16)13-19(22(26)24-21)14-25(15-20-8-5-11-28-20)23(27)17-6-3-2-4-7-17/h2-13H,14-15H2,1H3,(H,24,26). The fourth-order valence-electron chi connectivity index (χ4n) is 3.25. The number of fused-ring (bicyclic) bond motifs is 1. The number of aromatic amines is 1. The molecule has 0 aliphatic heterocycles. The average molecular weight is 372 g/mol. The molecule has 0 bridgehead atoms. The topological polar surface area (TPSA) is 66.3 Å². The van der Waals surface area contributed by atoms with Gasteiger partial charge in [-0.2, -0.15) is 0 Å². The second-order valence-corrected chi connectivity index (χ2v) is 6.82. The van der Waals surface area contributed by atoms with Crippen molar-refractivity contribution in [1.29, 1.82) is 0 Å². The molecule has 0 atom stereocenters. The SMILES string of the molecule is Cc1ccc2[nH]c(=O)c(CN(Cc3ccco3)C(=O)c3ccccc3)cc2c1. The zero-order valence-corrected chi connectivity index (χ0v) is 15.5.